The average Bonchev–Trinajstić information content (AvgIpc) is 2.26. The van der Waals surface area contributed by atoms with Crippen LogP contribution in [0.15, 0.2) is 24.3 Å². The second kappa shape index (κ2) is 5.89. The number of para-hydroxylation sites is 1. The van der Waals surface area contributed by atoms with Crippen molar-refractivity contribution >= 4 is 5.91 Å². The predicted molar refractivity (Wildman–Crippen MR) is 73.2 cm³/mol. The number of aromatic hydroxyl groups is 1. The molecule has 0 saturated heterocycles. The van der Waals surface area contributed by atoms with Gasteiger partial charge in [0.05, 0.1) is 0 Å². The summed E-state index contributed by atoms with van der Waals surface area (Å²) in [4.78, 5) is 11.8. The van der Waals surface area contributed by atoms with Gasteiger partial charge in [-0.05, 0) is 17.4 Å². The number of hydrogen-bond acceptors (Lipinski definition) is 2. The number of amides is 1. The molecule has 1 atom stereocenters. The quantitative estimate of drug-likeness (QED) is 0.861. The Morgan fingerprint density at radius 1 is 1.33 bits per heavy atom. The number of phenols is 1. The zero-order valence-electron chi connectivity index (χ0n) is 11.7. The molecule has 2 N–H and O–H groups in total. The van der Waals surface area contributed by atoms with Crippen LogP contribution < -0.4 is 5.32 Å². The predicted octanol–water partition coefficient (Wildman–Crippen LogP) is 3.08. The molecule has 0 aliphatic heterocycles. The third-order valence-corrected chi connectivity index (χ3v) is 3.44. The Kier molecular flexibility index (Phi) is 4.76. The summed E-state index contributed by atoms with van der Waals surface area (Å²) >= 11 is 0. The molecule has 1 aromatic carbocycles. The number of carbonyl (C=O) groups excluding carboxylic acids is 1. The molecule has 0 aromatic heterocycles. The van der Waals surface area contributed by atoms with Crippen LogP contribution in [0.2, 0.25) is 0 Å². The molecule has 0 spiro atoms. The minimum atomic E-state index is 0.0284. The van der Waals surface area contributed by atoms with Crippen molar-refractivity contribution in [3.8, 4) is 5.75 Å². The lowest BCUT2D eigenvalue weighted by molar-refractivity contribution is -0.122. The van der Waals surface area contributed by atoms with Crippen LogP contribution in [-0.4, -0.2) is 11.0 Å². The molecule has 0 bridgehead atoms. The Balaban J connectivity index is 2.45. The molecule has 3 heteroatoms. The molecule has 100 valence electrons. The topological polar surface area (TPSA) is 49.3 Å². The fraction of sp³-hybridized carbons (Fsp3) is 0.533. The molecule has 18 heavy (non-hydrogen) atoms. The molecule has 0 heterocycles. The van der Waals surface area contributed by atoms with E-state index >= 15 is 0 Å². The van der Waals surface area contributed by atoms with Crippen molar-refractivity contribution in [1.29, 1.82) is 0 Å². The number of carbonyl (C=O) groups is 1. The number of nitrogens with one attached hydrogen (secondary N) is 1. The number of rotatable bonds is 4. The molecule has 0 radical (unpaired) electrons. The number of phenolic OH excluding ortho intramolecular Hbond substituents is 1. The molecule has 0 fully saturated rings. The van der Waals surface area contributed by atoms with Gasteiger partial charge in [-0.2, -0.15) is 0 Å². The van der Waals surface area contributed by atoms with Crippen LogP contribution in [0.5, 0.6) is 5.75 Å². The van der Waals surface area contributed by atoms with Gasteiger partial charge in [-0.3, -0.25) is 4.79 Å². The van der Waals surface area contributed by atoms with Crippen LogP contribution in [0.1, 0.15) is 39.7 Å². The summed E-state index contributed by atoms with van der Waals surface area (Å²) in [6.07, 6.45) is 0.511. The Hall–Kier alpha value is -1.51. The van der Waals surface area contributed by atoms with E-state index in [0.29, 0.717) is 18.9 Å². The first-order chi connectivity index (χ1) is 8.30. The summed E-state index contributed by atoms with van der Waals surface area (Å²) in [5.41, 5.74) is 0.876. The second-order valence-corrected chi connectivity index (χ2v) is 5.88. The molecule has 1 aromatic rings. The Morgan fingerprint density at radius 3 is 2.50 bits per heavy atom. The zero-order chi connectivity index (χ0) is 13.8. The molecular weight excluding hydrogens is 226 g/mol. The van der Waals surface area contributed by atoms with Crippen LogP contribution >= 0.6 is 0 Å². The van der Waals surface area contributed by atoms with Gasteiger partial charge in [0.25, 0.3) is 0 Å². The van der Waals surface area contributed by atoms with Crippen molar-refractivity contribution in [3.63, 3.8) is 0 Å². The second-order valence-electron chi connectivity index (χ2n) is 5.88. The van der Waals surface area contributed by atoms with Crippen molar-refractivity contribution in [2.45, 2.75) is 40.7 Å². The third-order valence-electron chi connectivity index (χ3n) is 3.44. The van der Waals surface area contributed by atoms with Gasteiger partial charge in [0.2, 0.25) is 5.91 Å². The van der Waals surface area contributed by atoms with Crippen molar-refractivity contribution in [2.24, 2.45) is 11.3 Å². The van der Waals surface area contributed by atoms with Crippen LogP contribution in [0.4, 0.5) is 0 Å². The van der Waals surface area contributed by atoms with E-state index in [1.54, 1.807) is 12.1 Å². The highest BCUT2D eigenvalue weighted by molar-refractivity contribution is 5.76. The van der Waals surface area contributed by atoms with Gasteiger partial charge in [-0.25, -0.2) is 0 Å². The monoisotopic (exact) mass is 249 g/mol. The largest absolute Gasteiger partial charge is 0.508 e. The van der Waals surface area contributed by atoms with E-state index in [0.717, 1.165) is 5.56 Å². The van der Waals surface area contributed by atoms with Gasteiger partial charge < -0.3 is 10.4 Å². The van der Waals surface area contributed by atoms with Gasteiger partial charge in [-0.1, -0.05) is 45.9 Å². The van der Waals surface area contributed by atoms with Gasteiger partial charge in [-0.15, -0.1) is 0 Å². The highest BCUT2D eigenvalue weighted by Crippen LogP contribution is 2.27. The lowest BCUT2D eigenvalue weighted by Crippen LogP contribution is -2.28. The SMILES string of the molecule is CC(CC(=O)NCc1ccccc1O)C(C)(C)C. The van der Waals surface area contributed by atoms with Crippen molar-refractivity contribution in [1.82, 2.24) is 5.32 Å². The maximum Gasteiger partial charge on any atom is 0.220 e. The average molecular weight is 249 g/mol. The standard InChI is InChI=1S/C15H23NO2/c1-11(15(2,3)4)9-14(18)16-10-12-7-5-6-8-13(12)17/h5-8,11,17H,9-10H2,1-4H3,(H,16,18). The van der Waals surface area contributed by atoms with Gasteiger partial charge in [0, 0.05) is 18.5 Å². The maximum absolute atomic E-state index is 11.8. The number of hydrogen-bond donors (Lipinski definition) is 2. The van der Waals surface area contributed by atoms with E-state index in [-0.39, 0.29) is 17.1 Å². The first-order valence-corrected chi connectivity index (χ1v) is 6.34. The van der Waals surface area contributed by atoms with E-state index in [9.17, 15) is 9.90 Å². The fourth-order valence-electron chi connectivity index (χ4n) is 1.51. The smallest absolute Gasteiger partial charge is 0.220 e. The first kappa shape index (κ1) is 14.6. The molecule has 1 rings (SSSR count). The van der Waals surface area contributed by atoms with Crippen LogP contribution in [0.3, 0.4) is 0 Å². The molecule has 0 saturated carbocycles. The van der Waals surface area contributed by atoms with Crippen molar-refractivity contribution in [3.05, 3.63) is 29.8 Å². The maximum atomic E-state index is 11.8. The van der Waals surface area contributed by atoms with E-state index in [2.05, 4.69) is 33.0 Å². The fourth-order valence-corrected chi connectivity index (χ4v) is 1.51. The Labute approximate surface area is 109 Å². The zero-order valence-corrected chi connectivity index (χ0v) is 11.7. The van der Waals surface area contributed by atoms with Crippen molar-refractivity contribution in [2.75, 3.05) is 0 Å². The van der Waals surface area contributed by atoms with Gasteiger partial charge >= 0.3 is 0 Å². The van der Waals surface area contributed by atoms with Crippen molar-refractivity contribution < 1.29 is 9.90 Å². The van der Waals surface area contributed by atoms with Crippen LogP contribution in [0, 0.1) is 11.3 Å². The van der Waals surface area contributed by atoms with Crippen LogP contribution in [0.25, 0.3) is 0 Å². The van der Waals surface area contributed by atoms with E-state index in [4.69, 9.17) is 0 Å². The molecule has 0 aliphatic rings. The summed E-state index contributed by atoms with van der Waals surface area (Å²) in [7, 11) is 0. The Bertz CT molecular complexity index is 407. The first-order valence-electron chi connectivity index (χ1n) is 6.34. The summed E-state index contributed by atoms with van der Waals surface area (Å²) in [5, 5.41) is 12.4. The van der Waals surface area contributed by atoms with Gasteiger partial charge in [0.1, 0.15) is 5.75 Å². The summed E-state index contributed by atoms with van der Waals surface area (Å²) < 4.78 is 0. The lowest BCUT2D eigenvalue weighted by Gasteiger charge is -2.26. The molecular formula is C15H23NO2. The molecule has 0 aliphatic carbocycles. The van der Waals surface area contributed by atoms with E-state index in [1.807, 2.05) is 12.1 Å². The molecule has 1 amide bonds. The summed E-state index contributed by atoms with van der Waals surface area (Å²) in [6.45, 7) is 8.86. The highest BCUT2D eigenvalue weighted by Gasteiger charge is 2.22. The van der Waals surface area contributed by atoms with Gasteiger partial charge in [0.15, 0.2) is 0 Å². The highest BCUT2D eigenvalue weighted by atomic mass is 16.3. The molecule has 1 unspecified atom stereocenters. The summed E-state index contributed by atoms with van der Waals surface area (Å²) in [6, 6.07) is 7.05. The normalized spacial score (nSPS) is 13.1. The van der Waals surface area contributed by atoms with E-state index in [1.165, 1.54) is 0 Å². The third kappa shape index (κ3) is 4.40. The number of benzene rings is 1. The minimum Gasteiger partial charge on any atom is -0.508 e. The Morgan fingerprint density at radius 2 is 1.94 bits per heavy atom. The summed E-state index contributed by atoms with van der Waals surface area (Å²) in [5.74, 6) is 0.573. The minimum absolute atomic E-state index is 0.0284. The van der Waals surface area contributed by atoms with Crippen LogP contribution in [-0.2, 0) is 11.3 Å². The lowest BCUT2D eigenvalue weighted by atomic mass is 9.80. The van der Waals surface area contributed by atoms with E-state index < -0.39 is 0 Å². The molecule has 3 nitrogen and oxygen atoms in total.